The van der Waals surface area contributed by atoms with Crippen molar-refractivity contribution in [1.29, 1.82) is 0 Å². The Labute approximate surface area is 142 Å². The van der Waals surface area contributed by atoms with Gasteiger partial charge in [0.05, 0.1) is 20.3 Å². The molecule has 0 spiro atoms. The number of aliphatic hydroxyl groups excluding tert-OH is 1. The van der Waals surface area contributed by atoms with Crippen LogP contribution in [0, 0.1) is 6.92 Å². The monoisotopic (exact) mass is 326 g/mol. The Morgan fingerprint density at radius 3 is 2.04 bits per heavy atom. The maximum absolute atomic E-state index is 12.0. The number of carbonyl (C=O) groups is 1. The van der Waals surface area contributed by atoms with E-state index in [2.05, 4.69) is 6.58 Å². The first-order valence-electron chi connectivity index (χ1n) is 7.63. The second-order valence-corrected chi connectivity index (χ2v) is 5.62. The van der Waals surface area contributed by atoms with Gasteiger partial charge in [-0.05, 0) is 30.2 Å². The Morgan fingerprint density at radius 1 is 1.00 bits per heavy atom. The Kier molecular flexibility index (Phi) is 5.77. The number of ether oxygens (including phenoxy) is 2. The van der Waals surface area contributed by atoms with Crippen molar-refractivity contribution in [2.75, 3.05) is 14.2 Å². The Bertz CT molecular complexity index is 701. The summed E-state index contributed by atoms with van der Waals surface area (Å²) in [7, 11) is 2.89. The van der Waals surface area contributed by atoms with Gasteiger partial charge in [-0.25, -0.2) is 4.79 Å². The summed E-state index contributed by atoms with van der Waals surface area (Å²) >= 11 is 0. The van der Waals surface area contributed by atoms with Crippen LogP contribution in [0.1, 0.15) is 28.7 Å². The summed E-state index contributed by atoms with van der Waals surface area (Å²) < 4.78 is 9.93. The van der Waals surface area contributed by atoms with Crippen LogP contribution in [0.25, 0.3) is 0 Å². The highest BCUT2D eigenvalue weighted by molar-refractivity contribution is 5.89. The van der Waals surface area contributed by atoms with E-state index in [0.717, 1.165) is 11.1 Å². The molecule has 0 radical (unpaired) electrons. The summed E-state index contributed by atoms with van der Waals surface area (Å²) in [5.74, 6) is -0.427. The third-order valence-corrected chi connectivity index (χ3v) is 4.03. The minimum Gasteiger partial charge on any atom is -0.497 e. The average molecular weight is 326 g/mol. The van der Waals surface area contributed by atoms with Gasteiger partial charge in [0.15, 0.2) is 0 Å². The number of methoxy groups -OCH3 is 2. The first-order chi connectivity index (χ1) is 11.5. The molecular formula is C20H22O4. The van der Waals surface area contributed by atoms with E-state index in [9.17, 15) is 9.90 Å². The lowest BCUT2D eigenvalue weighted by Gasteiger charge is -2.25. The van der Waals surface area contributed by atoms with Gasteiger partial charge < -0.3 is 14.6 Å². The van der Waals surface area contributed by atoms with Gasteiger partial charge in [0.1, 0.15) is 5.75 Å². The SMILES string of the molecule is C=C(C(=O)OC)[C@@H](c1ccc(C)cc1)[C@H](O)c1ccc(OC)cc1. The quantitative estimate of drug-likeness (QED) is 0.651. The molecule has 4 heteroatoms. The minimum absolute atomic E-state index is 0.213. The third kappa shape index (κ3) is 3.84. The molecule has 0 saturated carbocycles. The van der Waals surface area contributed by atoms with Crippen LogP contribution in [-0.2, 0) is 9.53 Å². The molecule has 0 aliphatic heterocycles. The number of aryl methyl sites for hydroxylation is 1. The largest absolute Gasteiger partial charge is 0.497 e. The number of hydrogen-bond acceptors (Lipinski definition) is 4. The molecule has 2 aromatic carbocycles. The molecule has 0 aliphatic carbocycles. The molecular weight excluding hydrogens is 304 g/mol. The summed E-state index contributed by atoms with van der Waals surface area (Å²) in [5.41, 5.74) is 2.79. The highest BCUT2D eigenvalue weighted by atomic mass is 16.5. The van der Waals surface area contributed by atoms with E-state index in [1.807, 2.05) is 31.2 Å². The summed E-state index contributed by atoms with van der Waals surface area (Å²) in [6, 6.07) is 14.7. The Balaban J connectivity index is 2.41. The highest BCUT2D eigenvalue weighted by Gasteiger charge is 2.29. The molecule has 126 valence electrons. The summed E-state index contributed by atoms with van der Waals surface area (Å²) in [4.78, 5) is 12.0. The van der Waals surface area contributed by atoms with Crippen LogP contribution in [0.3, 0.4) is 0 Å². The molecule has 0 saturated heterocycles. The summed E-state index contributed by atoms with van der Waals surface area (Å²) in [6.07, 6.45) is -0.926. The van der Waals surface area contributed by atoms with E-state index >= 15 is 0 Å². The lowest BCUT2D eigenvalue weighted by atomic mass is 9.83. The maximum atomic E-state index is 12.0. The van der Waals surface area contributed by atoms with Crippen molar-refractivity contribution in [2.45, 2.75) is 18.9 Å². The van der Waals surface area contributed by atoms with Gasteiger partial charge >= 0.3 is 5.97 Å². The van der Waals surface area contributed by atoms with Gasteiger partial charge in [-0.1, -0.05) is 48.5 Å². The number of aliphatic hydroxyl groups is 1. The number of rotatable bonds is 6. The van der Waals surface area contributed by atoms with Gasteiger partial charge in [0.25, 0.3) is 0 Å². The first-order valence-corrected chi connectivity index (χ1v) is 7.63. The number of carbonyl (C=O) groups excluding carboxylic acids is 1. The van der Waals surface area contributed by atoms with Crippen LogP contribution in [0.2, 0.25) is 0 Å². The summed E-state index contributed by atoms with van der Waals surface area (Å²) in [5, 5.41) is 10.9. The molecule has 2 aromatic rings. The van der Waals surface area contributed by atoms with E-state index in [4.69, 9.17) is 9.47 Å². The van der Waals surface area contributed by atoms with Crippen molar-refractivity contribution < 1.29 is 19.4 Å². The van der Waals surface area contributed by atoms with E-state index in [1.54, 1.807) is 31.4 Å². The van der Waals surface area contributed by atoms with Crippen molar-refractivity contribution in [3.05, 3.63) is 77.4 Å². The molecule has 24 heavy (non-hydrogen) atoms. The molecule has 0 amide bonds. The zero-order chi connectivity index (χ0) is 17.7. The Morgan fingerprint density at radius 2 is 1.54 bits per heavy atom. The lowest BCUT2D eigenvalue weighted by molar-refractivity contribution is -0.136. The molecule has 0 fully saturated rings. The van der Waals surface area contributed by atoms with Crippen LogP contribution in [-0.4, -0.2) is 25.3 Å². The normalized spacial score (nSPS) is 13.0. The molecule has 1 N–H and O–H groups in total. The lowest BCUT2D eigenvalue weighted by Crippen LogP contribution is -2.19. The number of benzene rings is 2. The van der Waals surface area contributed by atoms with E-state index in [0.29, 0.717) is 11.3 Å². The predicted octanol–water partition coefficient (Wildman–Crippen LogP) is 3.55. The molecule has 2 atom stereocenters. The van der Waals surface area contributed by atoms with Crippen LogP contribution in [0.4, 0.5) is 0 Å². The fourth-order valence-electron chi connectivity index (χ4n) is 2.60. The number of esters is 1. The fourth-order valence-corrected chi connectivity index (χ4v) is 2.60. The van der Waals surface area contributed by atoms with Gasteiger partial charge in [-0.2, -0.15) is 0 Å². The standard InChI is InChI=1S/C20H22O4/c1-13-5-7-15(8-6-13)18(14(2)20(22)24-4)19(21)16-9-11-17(23-3)12-10-16/h5-12,18-19,21H,2H2,1,3-4H3/t18-,19+/m0/s1. The van der Waals surface area contributed by atoms with E-state index in [1.165, 1.54) is 7.11 Å². The fraction of sp³-hybridized carbons (Fsp3) is 0.250. The van der Waals surface area contributed by atoms with Crippen LogP contribution in [0.5, 0.6) is 5.75 Å². The second kappa shape index (κ2) is 7.79. The Hall–Kier alpha value is -2.59. The molecule has 0 aromatic heterocycles. The second-order valence-electron chi connectivity index (χ2n) is 5.62. The highest BCUT2D eigenvalue weighted by Crippen LogP contribution is 2.37. The predicted molar refractivity (Wildman–Crippen MR) is 93.0 cm³/mol. The first kappa shape index (κ1) is 17.8. The van der Waals surface area contributed by atoms with E-state index in [-0.39, 0.29) is 5.57 Å². The van der Waals surface area contributed by atoms with Gasteiger partial charge in [0.2, 0.25) is 0 Å². The van der Waals surface area contributed by atoms with Crippen LogP contribution in [0.15, 0.2) is 60.7 Å². The van der Waals surface area contributed by atoms with Crippen molar-refractivity contribution in [3.63, 3.8) is 0 Å². The van der Waals surface area contributed by atoms with E-state index < -0.39 is 18.0 Å². The molecule has 4 nitrogen and oxygen atoms in total. The zero-order valence-electron chi connectivity index (χ0n) is 14.2. The third-order valence-electron chi connectivity index (χ3n) is 4.03. The summed E-state index contributed by atoms with van der Waals surface area (Å²) in [6.45, 7) is 5.83. The topological polar surface area (TPSA) is 55.8 Å². The zero-order valence-corrected chi connectivity index (χ0v) is 14.2. The van der Waals surface area contributed by atoms with Crippen LogP contribution < -0.4 is 4.74 Å². The maximum Gasteiger partial charge on any atom is 0.333 e. The van der Waals surface area contributed by atoms with Crippen molar-refractivity contribution >= 4 is 5.97 Å². The van der Waals surface area contributed by atoms with Crippen molar-refractivity contribution in [2.24, 2.45) is 0 Å². The smallest absolute Gasteiger partial charge is 0.333 e. The van der Waals surface area contributed by atoms with Gasteiger partial charge in [-0.15, -0.1) is 0 Å². The molecule has 2 rings (SSSR count). The number of hydrogen-bond donors (Lipinski definition) is 1. The molecule has 0 unspecified atom stereocenters. The molecule has 0 heterocycles. The van der Waals surface area contributed by atoms with Crippen molar-refractivity contribution in [3.8, 4) is 5.75 Å². The minimum atomic E-state index is -0.926. The van der Waals surface area contributed by atoms with Gasteiger partial charge in [0, 0.05) is 11.5 Å². The van der Waals surface area contributed by atoms with Crippen LogP contribution >= 0.6 is 0 Å². The van der Waals surface area contributed by atoms with Gasteiger partial charge in [-0.3, -0.25) is 0 Å². The molecule has 0 aliphatic rings. The molecule has 0 bridgehead atoms. The average Bonchev–Trinajstić information content (AvgIpc) is 2.62. The van der Waals surface area contributed by atoms with Crippen molar-refractivity contribution in [1.82, 2.24) is 0 Å².